The summed E-state index contributed by atoms with van der Waals surface area (Å²) in [5.41, 5.74) is 10.5. The van der Waals surface area contributed by atoms with E-state index in [2.05, 4.69) is 79.5 Å². The zero-order valence-corrected chi connectivity index (χ0v) is 81.4. The van der Waals surface area contributed by atoms with Crippen molar-refractivity contribution in [3.8, 4) is 34.5 Å². The topological polar surface area (TPSA) is 303 Å². The van der Waals surface area contributed by atoms with Gasteiger partial charge in [0.1, 0.15) is 85.5 Å². The average molecular weight is 1970 g/mol. The van der Waals surface area contributed by atoms with Gasteiger partial charge in [0.25, 0.3) is 17.7 Å². The highest BCUT2D eigenvalue weighted by Crippen LogP contribution is 2.43. The Morgan fingerprint density at radius 3 is 1.01 bits per heavy atom. The molecule has 3 unspecified atom stereocenters. The van der Waals surface area contributed by atoms with Gasteiger partial charge in [0, 0.05) is 129 Å². The summed E-state index contributed by atoms with van der Waals surface area (Å²) >= 11 is 0. The van der Waals surface area contributed by atoms with Crippen molar-refractivity contribution in [3.05, 3.63) is 358 Å². The number of nitrogens with one attached hydrogen (secondary N) is 3. The molecule has 0 spiro atoms. The third-order valence-electron chi connectivity index (χ3n) is 27.3. The smallest absolute Gasteiger partial charge is 0.255 e. The number of nitrogens with zero attached hydrogens (tertiary/aromatic N) is 13. The highest BCUT2D eigenvalue weighted by molar-refractivity contribution is 6.05. The van der Waals surface area contributed by atoms with Crippen LogP contribution in [0.5, 0.6) is 34.5 Å². The van der Waals surface area contributed by atoms with E-state index >= 15 is 13.2 Å². The molecule has 12 aromatic carbocycles. The van der Waals surface area contributed by atoms with Crippen LogP contribution in [0.15, 0.2) is 274 Å². The second-order valence-electron chi connectivity index (χ2n) is 36.9. The molecular weight excluding hydrogens is 1860 g/mol. The highest BCUT2D eigenvalue weighted by atomic mass is 19.1. The minimum atomic E-state index is -0.809. The number of likely N-dealkylation sites (N-methyl/N-ethyl adjacent to an activating group) is 1. The van der Waals surface area contributed by atoms with Crippen LogP contribution in [-0.2, 0) is 58.0 Å². The van der Waals surface area contributed by atoms with Crippen LogP contribution in [0.25, 0.3) is 32.7 Å². The summed E-state index contributed by atoms with van der Waals surface area (Å²) in [6.07, 6.45) is 6.19. The standard InChI is InChI=1S/C39H38FN5O4.C38H37FN6O4.C37H34FN5O5/c1-44-16-14-25(15-17-44)23-49-36-20-30-33(21-35(36)48-2)41-24-42-38(30)43-32-13-12-26(18-31(32)40)19-34(46)37(27-8-4-3-5-9-27)45-22-28-10-6-7-11-29(28)39(45)47;1-43-14-16-44(17-15-43)24-49-35-20-29-32(21-34(35)48-2)40-23-41-37(29)42-31-13-12-25(18-30(31)39)19-33(46)36(26-8-4-3-5-9-26)45-22-27-10-6-7-11-28(27)38(45)47;1-46-33-20-31-28(19-34(33)48-23-42-13-15-47-16-14-42)36(40-22-39-31)41-30-12-11-24(17-29(30)38)18-32(44)35(25-7-3-2-4-8-25)43-21-26-9-5-6-10-27(26)37(43)45/h3-13,18,20-21,24-25,37H,14-17,19,22-23H2,1-2H3,(H,41,42,43);3-13,18,20-21,23,36H,14-17,19,22,24H2,1-2H3,(H,40,41,42);2-12,17,19-20,22,35H,13-16,18,21,23H2,1H3,(H,39,40,41). The molecule has 744 valence electrons. The van der Waals surface area contributed by atoms with E-state index in [1.807, 2.05) is 152 Å². The molecule has 9 heterocycles. The van der Waals surface area contributed by atoms with E-state index < -0.39 is 35.6 Å². The first-order valence-corrected chi connectivity index (χ1v) is 48.6. The Morgan fingerprint density at radius 2 is 0.678 bits per heavy atom. The van der Waals surface area contributed by atoms with Gasteiger partial charge in [0.2, 0.25) is 0 Å². The van der Waals surface area contributed by atoms with E-state index in [4.69, 9.17) is 33.2 Å². The molecule has 146 heavy (non-hydrogen) atoms. The SMILES string of the molecule is COc1cc2ncnc(Nc3ccc(CC(=O)C(c4ccccc4)N4Cc5ccccc5C4=O)cc3F)c2cc1OCC1CCN(C)CC1.COc1cc2ncnc(Nc3ccc(CC(=O)C(c4ccccc4)N4Cc5ccccc5C4=O)cc3F)c2cc1OCN1CCN(C)CC1.COc1cc2ncnc(Nc3ccc(CC(=O)C(c4ccccc4)N4Cc5ccccc5C4=O)cc3F)c2cc1OCN1CCOCC1. The lowest BCUT2D eigenvalue weighted by Crippen LogP contribution is -2.45. The van der Waals surface area contributed by atoms with Crippen LogP contribution in [-0.4, -0.2) is 220 Å². The van der Waals surface area contributed by atoms with Crippen LogP contribution in [0.4, 0.5) is 47.7 Å². The van der Waals surface area contributed by atoms with Gasteiger partial charge < -0.3 is 73.6 Å². The Morgan fingerprint density at radius 1 is 0.363 bits per heavy atom. The molecule has 3 N–H and O–H groups in total. The first-order valence-electron chi connectivity index (χ1n) is 48.6. The monoisotopic (exact) mass is 1970 g/mol. The molecule has 0 radical (unpaired) electrons. The number of amides is 3. The summed E-state index contributed by atoms with van der Waals surface area (Å²) in [6, 6.07) is 72.2. The van der Waals surface area contributed by atoms with Crippen LogP contribution in [0, 0.1) is 23.4 Å². The number of piperidine rings is 1. The molecule has 15 aromatic rings. The third kappa shape index (κ3) is 22.4. The Balaban J connectivity index is 0.000000138. The Bertz CT molecular complexity index is 7040. The van der Waals surface area contributed by atoms with E-state index in [-0.39, 0.29) is 71.4 Å². The summed E-state index contributed by atoms with van der Waals surface area (Å²) in [4.78, 5) is 122. The summed E-state index contributed by atoms with van der Waals surface area (Å²) in [5.74, 6) is 2.11. The predicted molar refractivity (Wildman–Crippen MR) is 548 cm³/mol. The molecule has 3 amide bonds. The van der Waals surface area contributed by atoms with Gasteiger partial charge in [-0.1, -0.05) is 164 Å². The average Bonchev–Trinajstić information content (AvgIpc) is 1.51. The van der Waals surface area contributed by atoms with Gasteiger partial charge in [-0.05, 0) is 169 Å². The van der Waals surface area contributed by atoms with E-state index in [1.54, 1.807) is 121 Å². The number of morpholine rings is 1. The number of aromatic nitrogens is 6. The molecule has 6 aliphatic rings. The minimum absolute atomic E-state index is 0.0505. The number of methoxy groups -OCH3 is 3. The maximum Gasteiger partial charge on any atom is 0.255 e. The fourth-order valence-electron chi connectivity index (χ4n) is 19.3. The maximum atomic E-state index is 15.7. The largest absolute Gasteiger partial charge is 0.493 e. The number of ether oxygens (including phenoxy) is 7. The van der Waals surface area contributed by atoms with Crippen molar-refractivity contribution in [3.63, 3.8) is 0 Å². The number of carbonyl (C=O) groups excluding carboxylic acids is 6. The lowest BCUT2D eigenvalue weighted by atomic mass is 9.96. The zero-order valence-electron chi connectivity index (χ0n) is 81.4. The van der Waals surface area contributed by atoms with Gasteiger partial charge in [-0.3, -0.25) is 38.6 Å². The molecule has 29 nitrogen and oxygen atoms in total. The number of rotatable bonds is 33. The molecular formula is C114H109F3N16O13. The molecule has 6 aliphatic heterocycles. The number of benzene rings is 12. The Labute approximate surface area is 842 Å². The highest BCUT2D eigenvalue weighted by Gasteiger charge is 2.41. The second-order valence-corrected chi connectivity index (χ2v) is 36.9. The van der Waals surface area contributed by atoms with Gasteiger partial charge in [0.05, 0.1) is 74.8 Å². The van der Waals surface area contributed by atoms with Crippen LogP contribution >= 0.6 is 0 Å². The summed E-state index contributed by atoms with van der Waals surface area (Å²) < 4.78 is 87.7. The number of fused-ring (bicyclic) bond motifs is 6. The molecule has 0 aliphatic carbocycles. The van der Waals surface area contributed by atoms with Crippen molar-refractivity contribution in [1.29, 1.82) is 0 Å². The second kappa shape index (κ2) is 45.2. The molecule has 3 aromatic heterocycles. The van der Waals surface area contributed by atoms with Gasteiger partial charge in [-0.25, -0.2) is 43.1 Å². The van der Waals surface area contributed by atoms with E-state index in [0.29, 0.717) is 188 Å². The number of anilines is 6. The van der Waals surface area contributed by atoms with Gasteiger partial charge in [0.15, 0.2) is 51.8 Å². The van der Waals surface area contributed by atoms with E-state index in [9.17, 15) is 28.8 Å². The molecule has 3 saturated heterocycles. The molecule has 0 saturated carbocycles. The number of piperazine rings is 1. The van der Waals surface area contributed by atoms with Gasteiger partial charge in [-0.2, -0.15) is 0 Å². The first-order chi connectivity index (χ1) is 71.2. The number of ketones is 3. The molecule has 21 rings (SSSR count). The Kier molecular flexibility index (Phi) is 30.5. The minimum Gasteiger partial charge on any atom is -0.493 e. The normalized spacial score (nSPS) is 15.5. The van der Waals surface area contributed by atoms with Crippen LogP contribution in [0.3, 0.4) is 0 Å². The zero-order chi connectivity index (χ0) is 101. The first kappa shape index (κ1) is 98.6. The lowest BCUT2D eigenvalue weighted by Gasteiger charge is -2.32. The van der Waals surface area contributed by atoms with Crippen molar-refractivity contribution in [2.75, 3.05) is 137 Å². The lowest BCUT2D eigenvalue weighted by molar-refractivity contribution is -0.123. The van der Waals surface area contributed by atoms with Crippen molar-refractivity contribution in [2.45, 2.75) is 69.9 Å². The van der Waals surface area contributed by atoms with Crippen molar-refractivity contribution < 1.29 is 75.1 Å². The molecule has 3 atom stereocenters. The predicted octanol–water partition coefficient (Wildman–Crippen LogP) is 18.1. The molecule has 32 heteroatoms. The van der Waals surface area contributed by atoms with Gasteiger partial charge in [-0.15, -0.1) is 0 Å². The molecule has 0 bridgehead atoms. The summed E-state index contributed by atoms with van der Waals surface area (Å²) in [7, 11) is 8.97. The Hall–Kier alpha value is -16.1. The van der Waals surface area contributed by atoms with E-state index in [1.165, 1.54) is 37.2 Å². The number of halogens is 3. The quantitative estimate of drug-likeness (QED) is 0.0344. The van der Waals surface area contributed by atoms with Gasteiger partial charge >= 0.3 is 0 Å². The number of carbonyl (C=O) groups is 6. The van der Waals surface area contributed by atoms with Crippen molar-refractivity contribution in [1.82, 2.24) is 64.2 Å². The fourth-order valence-corrected chi connectivity index (χ4v) is 19.3. The van der Waals surface area contributed by atoms with Crippen LogP contribution in [0.1, 0.15) is 112 Å². The maximum absolute atomic E-state index is 15.7. The summed E-state index contributed by atoms with van der Waals surface area (Å²) in [6.45, 7) is 11.0. The van der Waals surface area contributed by atoms with E-state index in [0.717, 1.165) is 87.5 Å². The van der Waals surface area contributed by atoms with Crippen LogP contribution in [0.2, 0.25) is 0 Å². The van der Waals surface area contributed by atoms with Crippen molar-refractivity contribution in [2.24, 2.45) is 5.92 Å². The number of likely N-dealkylation sites (tertiary alicyclic amines) is 1. The number of hydrogen-bond acceptors (Lipinski definition) is 26. The summed E-state index contributed by atoms with van der Waals surface area (Å²) in [5, 5.41) is 11.2. The van der Waals surface area contributed by atoms with Crippen LogP contribution < -0.4 is 44.4 Å². The van der Waals surface area contributed by atoms with Crippen molar-refractivity contribution >= 4 is 102 Å². The number of hydrogen-bond donors (Lipinski definition) is 3. The number of Topliss-reactive ketones (excluding diaryl/α,β-unsaturated/α-hetero) is 3. The fraction of sp³-hybridized carbons (Fsp3) is 0.263. The molecule has 3 fully saturated rings. The third-order valence-corrected chi connectivity index (χ3v) is 27.3.